The molecule has 1 aliphatic carbocycles. The zero-order valence-electron chi connectivity index (χ0n) is 16.0. The van der Waals surface area contributed by atoms with Crippen molar-refractivity contribution in [1.82, 2.24) is 10.2 Å². The summed E-state index contributed by atoms with van der Waals surface area (Å²) in [6.45, 7) is 2.69. The third-order valence-corrected chi connectivity index (χ3v) is 4.93. The molecular weight excluding hydrogens is 332 g/mol. The number of ether oxygens (including phenoxy) is 2. The van der Waals surface area contributed by atoms with E-state index in [-0.39, 0.29) is 11.8 Å². The first kappa shape index (κ1) is 20.1. The number of nitrogens with one attached hydrogen (secondary N) is 1. The Labute approximate surface area is 155 Å². The third-order valence-electron chi connectivity index (χ3n) is 4.93. The van der Waals surface area contributed by atoms with Crippen molar-refractivity contribution >= 4 is 11.8 Å². The van der Waals surface area contributed by atoms with Gasteiger partial charge in [0.15, 0.2) is 11.5 Å². The van der Waals surface area contributed by atoms with Gasteiger partial charge in [-0.15, -0.1) is 0 Å². The number of methoxy groups -OCH3 is 2. The zero-order chi connectivity index (χ0) is 18.9. The topological polar surface area (TPSA) is 67.9 Å². The van der Waals surface area contributed by atoms with E-state index in [1.54, 1.807) is 21.1 Å². The standard InChI is InChI=1S/C20H30N2O4/c1-15(23)22(17-6-4-5-7-17)13-12-21-20(24)11-9-16-8-10-18(25-2)19(14-16)26-3/h8,10,14,17H,4-7,9,11-13H2,1-3H3,(H,21,24). The summed E-state index contributed by atoms with van der Waals surface area (Å²) < 4.78 is 10.5. The average Bonchev–Trinajstić information content (AvgIpc) is 3.17. The summed E-state index contributed by atoms with van der Waals surface area (Å²) in [6, 6.07) is 6.02. The van der Waals surface area contributed by atoms with Gasteiger partial charge in [-0.2, -0.15) is 0 Å². The second kappa shape index (κ2) is 10.0. The summed E-state index contributed by atoms with van der Waals surface area (Å²) in [5, 5.41) is 2.92. The lowest BCUT2D eigenvalue weighted by Crippen LogP contribution is -2.42. The highest BCUT2D eigenvalue weighted by Gasteiger charge is 2.24. The van der Waals surface area contributed by atoms with Gasteiger partial charge < -0.3 is 19.7 Å². The molecule has 0 unspecified atom stereocenters. The molecule has 1 N–H and O–H groups in total. The SMILES string of the molecule is COc1ccc(CCC(=O)NCCN(C(C)=O)C2CCCC2)cc1OC. The molecule has 0 spiro atoms. The largest absolute Gasteiger partial charge is 0.493 e. The Kier molecular flexibility index (Phi) is 7.75. The predicted octanol–water partition coefficient (Wildman–Crippen LogP) is 2.54. The quantitative estimate of drug-likeness (QED) is 0.733. The van der Waals surface area contributed by atoms with Crippen LogP contribution in [0.15, 0.2) is 18.2 Å². The molecule has 1 aromatic carbocycles. The summed E-state index contributed by atoms with van der Waals surface area (Å²) >= 11 is 0. The molecule has 26 heavy (non-hydrogen) atoms. The molecular formula is C20H30N2O4. The van der Waals surface area contributed by atoms with Crippen LogP contribution in [0.2, 0.25) is 0 Å². The first-order valence-corrected chi connectivity index (χ1v) is 9.30. The van der Waals surface area contributed by atoms with E-state index in [4.69, 9.17) is 9.47 Å². The maximum atomic E-state index is 12.1. The summed E-state index contributed by atoms with van der Waals surface area (Å²) in [5.41, 5.74) is 1.02. The van der Waals surface area contributed by atoms with E-state index in [0.29, 0.717) is 43.5 Å². The van der Waals surface area contributed by atoms with Crippen LogP contribution in [0.1, 0.15) is 44.6 Å². The molecule has 2 rings (SSSR count). The Morgan fingerprint density at radius 1 is 1.15 bits per heavy atom. The number of hydrogen-bond acceptors (Lipinski definition) is 4. The molecule has 1 aromatic rings. The second-order valence-electron chi connectivity index (χ2n) is 6.69. The van der Waals surface area contributed by atoms with Gasteiger partial charge in [-0.25, -0.2) is 0 Å². The molecule has 2 amide bonds. The van der Waals surface area contributed by atoms with Crippen molar-refractivity contribution in [3.05, 3.63) is 23.8 Å². The summed E-state index contributed by atoms with van der Waals surface area (Å²) in [5.74, 6) is 1.43. The van der Waals surface area contributed by atoms with Crippen molar-refractivity contribution in [3.63, 3.8) is 0 Å². The number of carbonyl (C=O) groups excluding carboxylic acids is 2. The lowest BCUT2D eigenvalue weighted by atomic mass is 10.1. The molecule has 0 radical (unpaired) electrons. The van der Waals surface area contributed by atoms with E-state index < -0.39 is 0 Å². The lowest BCUT2D eigenvalue weighted by molar-refractivity contribution is -0.131. The van der Waals surface area contributed by atoms with E-state index in [1.807, 2.05) is 23.1 Å². The summed E-state index contributed by atoms with van der Waals surface area (Å²) in [4.78, 5) is 25.8. The molecule has 1 aliphatic rings. The molecule has 1 fully saturated rings. The van der Waals surface area contributed by atoms with Crippen LogP contribution in [0.4, 0.5) is 0 Å². The fraction of sp³-hybridized carbons (Fsp3) is 0.600. The number of rotatable bonds is 9. The van der Waals surface area contributed by atoms with Crippen molar-refractivity contribution in [2.45, 2.75) is 51.5 Å². The maximum absolute atomic E-state index is 12.1. The highest BCUT2D eigenvalue weighted by Crippen LogP contribution is 2.28. The van der Waals surface area contributed by atoms with Crippen molar-refractivity contribution in [2.75, 3.05) is 27.3 Å². The van der Waals surface area contributed by atoms with Crippen molar-refractivity contribution in [1.29, 1.82) is 0 Å². The van der Waals surface area contributed by atoms with Gasteiger partial charge in [0, 0.05) is 32.5 Å². The Morgan fingerprint density at radius 2 is 1.85 bits per heavy atom. The fourth-order valence-electron chi connectivity index (χ4n) is 3.51. The maximum Gasteiger partial charge on any atom is 0.220 e. The van der Waals surface area contributed by atoms with Gasteiger partial charge in [-0.1, -0.05) is 18.9 Å². The van der Waals surface area contributed by atoms with Crippen molar-refractivity contribution < 1.29 is 19.1 Å². The molecule has 0 atom stereocenters. The number of carbonyl (C=O) groups is 2. The van der Waals surface area contributed by atoms with E-state index >= 15 is 0 Å². The first-order chi connectivity index (χ1) is 12.5. The van der Waals surface area contributed by atoms with Crippen LogP contribution in [0.5, 0.6) is 11.5 Å². The van der Waals surface area contributed by atoms with Gasteiger partial charge in [0.25, 0.3) is 0 Å². The second-order valence-corrected chi connectivity index (χ2v) is 6.69. The number of aryl methyl sites for hydroxylation is 1. The molecule has 144 valence electrons. The first-order valence-electron chi connectivity index (χ1n) is 9.30. The van der Waals surface area contributed by atoms with E-state index in [0.717, 1.165) is 18.4 Å². The minimum Gasteiger partial charge on any atom is -0.493 e. The van der Waals surface area contributed by atoms with E-state index in [9.17, 15) is 9.59 Å². The Hall–Kier alpha value is -2.24. The van der Waals surface area contributed by atoms with Gasteiger partial charge in [0.1, 0.15) is 0 Å². The van der Waals surface area contributed by atoms with Crippen molar-refractivity contribution in [3.8, 4) is 11.5 Å². The smallest absolute Gasteiger partial charge is 0.220 e. The minimum absolute atomic E-state index is 0.00490. The van der Waals surface area contributed by atoms with E-state index in [2.05, 4.69) is 5.32 Å². The van der Waals surface area contributed by atoms with Gasteiger partial charge in [0.2, 0.25) is 11.8 Å². The third kappa shape index (κ3) is 5.64. The molecule has 6 heteroatoms. The minimum atomic E-state index is -0.00490. The van der Waals surface area contributed by atoms with Crippen LogP contribution in [-0.2, 0) is 16.0 Å². The Bertz CT molecular complexity index is 612. The molecule has 0 aliphatic heterocycles. The molecule has 0 bridgehead atoms. The molecule has 0 heterocycles. The monoisotopic (exact) mass is 362 g/mol. The van der Waals surface area contributed by atoms with Gasteiger partial charge in [-0.05, 0) is 37.0 Å². The van der Waals surface area contributed by atoms with Gasteiger partial charge >= 0.3 is 0 Å². The van der Waals surface area contributed by atoms with Crippen LogP contribution in [0.3, 0.4) is 0 Å². The van der Waals surface area contributed by atoms with E-state index in [1.165, 1.54) is 12.8 Å². The number of hydrogen-bond donors (Lipinski definition) is 1. The number of amides is 2. The number of nitrogens with zero attached hydrogens (tertiary/aromatic N) is 1. The van der Waals surface area contributed by atoms with Crippen LogP contribution >= 0.6 is 0 Å². The predicted molar refractivity (Wildman–Crippen MR) is 101 cm³/mol. The Morgan fingerprint density at radius 3 is 2.46 bits per heavy atom. The van der Waals surface area contributed by atoms with Gasteiger partial charge in [0.05, 0.1) is 14.2 Å². The van der Waals surface area contributed by atoms with Gasteiger partial charge in [-0.3, -0.25) is 9.59 Å². The highest BCUT2D eigenvalue weighted by molar-refractivity contribution is 5.76. The molecule has 1 saturated carbocycles. The normalized spacial score (nSPS) is 14.1. The molecule has 0 saturated heterocycles. The average molecular weight is 362 g/mol. The van der Waals surface area contributed by atoms with Crippen LogP contribution in [0, 0.1) is 0 Å². The number of benzene rings is 1. The zero-order valence-corrected chi connectivity index (χ0v) is 16.0. The molecule has 0 aromatic heterocycles. The van der Waals surface area contributed by atoms with Crippen molar-refractivity contribution in [2.24, 2.45) is 0 Å². The summed E-state index contributed by atoms with van der Waals surface area (Å²) in [6.07, 6.45) is 5.56. The van der Waals surface area contributed by atoms with Crippen LogP contribution < -0.4 is 14.8 Å². The molecule has 6 nitrogen and oxygen atoms in total. The summed E-state index contributed by atoms with van der Waals surface area (Å²) in [7, 11) is 3.19. The lowest BCUT2D eigenvalue weighted by Gasteiger charge is -2.27. The fourth-order valence-corrected chi connectivity index (χ4v) is 3.51. The highest BCUT2D eigenvalue weighted by atomic mass is 16.5. The van der Waals surface area contributed by atoms with Crippen LogP contribution in [0.25, 0.3) is 0 Å². The van der Waals surface area contributed by atoms with Crippen LogP contribution in [-0.4, -0.2) is 50.1 Å². The Balaban J connectivity index is 1.75.